The summed E-state index contributed by atoms with van der Waals surface area (Å²) in [5.74, 6) is 1.03. The first-order valence-electron chi connectivity index (χ1n) is 9.79. The van der Waals surface area contributed by atoms with Crippen molar-refractivity contribution in [1.82, 2.24) is 0 Å². The van der Waals surface area contributed by atoms with Gasteiger partial charge in [0.25, 0.3) is 0 Å². The molecule has 4 rings (SSSR count). The van der Waals surface area contributed by atoms with Crippen molar-refractivity contribution in [2.45, 2.75) is 83.0 Å². The smallest absolute Gasteiger partial charge is 0.125 e. The molecule has 0 saturated heterocycles. The molecule has 136 valence electrons. The summed E-state index contributed by atoms with van der Waals surface area (Å²) in [6, 6.07) is 0. The fourth-order valence-electron chi connectivity index (χ4n) is 7.54. The first-order valence-corrected chi connectivity index (χ1v) is 9.79. The Morgan fingerprint density at radius 2 is 1.71 bits per heavy atom. The highest BCUT2D eigenvalue weighted by Gasteiger charge is 2.67. The fourth-order valence-corrected chi connectivity index (χ4v) is 7.54. The molecule has 0 aromatic carbocycles. The quantitative estimate of drug-likeness (QED) is 0.642. The maximum Gasteiger partial charge on any atom is 0.125 e. The van der Waals surface area contributed by atoms with Crippen LogP contribution in [-0.4, -0.2) is 39.4 Å². The zero-order valence-corrected chi connectivity index (χ0v) is 14.9. The average Bonchev–Trinajstić information content (AvgIpc) is 2.91. The Hall–Kier alpha value is -0.450. The maximum absolute atomic E-state index is 11.9. The third-order valence-electron chi connectivity index (χ3n) is 8.93. The van der Waals surface area contributed by atoms with Crippen LogP contribution >= 0.6 is 0 Å². The van der Waals surface area contributed by atoms with Crippen molar-refractivity contribution in [3.8, 4) is 0 Å². The second kappa shape index (κ2) is 5.28. The second-order valence-electron chi connectivity index (χ2n) is 9.82. The molecule has 0 aliphatic heterocycles. The number of aliphatic hydroxyl groups excluding tert-OH is 2. The van der Waals surface area contributed by atoms with E-state index < -0.39 is 29.1 Å². The first kappa shape index (κ1) is 17.0. The molecule has 0 aromatic heterocycles. The molecular weight excluding hydrogens is 304 g/mol. The van der Waals surface area contributed by atoms with E-state index in [0.29, 0.717) is 29.6 Å². The largest absolute Gasteiger partial charge is 0.390 e. The maximum atomic E-state index is 11.9. The van der Waals surface area contributed by atoms with Crippen molar-refractivity contribution in [1.29, 1.82) is 0 Å². The molecule has 4 nitrogen and oxygen atoms in total. The van der Waals surface area contributed by atoms with Gasteiger partial charge in [-0.2, -0.15) is 0 Å². The van der Waals surface area contributed by atoms with E-state index in [4.69, 9.17) is 0 Å². The van der Waals surface area contributed by atoms with Crippen LogP contribution in [0.2, 0.25) is 0 Å². The number of hydrogen-bond acceptors (Lipinski definition) is 4. The van der Waals surface area contributed by atoms with Crippen molar-refractivity contribution in [2.75, 3.05) is 0 Å². The van der Waals surface area contributed by atoms with Gasteiger partial charge in [-0.3, -0.25) is 0 Å². The van der Waals surface area contributed by atoms with Crippen LogP contribution in [0.5, 0.6) is 0 Å². The van der Waals surface area contributed by atoms with E-state index >= 15 is 0 Å². The van der Waals surface area contributed by atoms with Crippen LogP contribution in [0.25, 0.3) is 0 Å². The molecule has 0 spiro atoms. The summed E-state index contributed by atoms with van der Waals surface area (Å²) in [5.41, 5.74) is -1.27. The van der Waals surface area contributed by atoms with Crippen LogP contribution in [-0.2, 0) is 4.79 Å². The van der Waals surface area contributed by atoms with E-state index in [9.17, 15) is 20.1 Å². The zero-order chi connectivity index (χ0) is 17.3. The molecule has 0 heterocycles. The standard InChI is InChI=1S/C20H32O4/c1-18-6-3-4-14(18)13-8-12(11-21)20(24)10-17(23)16(22)9-19(20,2)15(13)5-7-18/h11-17,22-24H,3-10H2,1-2H3/t12?,13-,14-,15-,16-,17-,18-,19+,20-/m0/s1. The van der Waals surface area contributed by atoms with Crippen LogP contribution in [0.3, 0.4) is 0 Å². The summed E-state index contributed by atoms with van der Waals surface area (Å²) >= 11 is 0. The van der Waals surface area contributed by atoms with Crippen molar-refractivity contribution < 1.29 is 20.1 Å². The highest BCUT2D eigenvalue weighted by molar-refractivity contribution is 5.57. The van der Waals surface area contributed by atoms with E-state index in [0.717, 1.165) is 19.1 Å². The van der Waals surface area contributed by atoms with Gasteiger partial charge in [-0.1, -0.05) is 20.3 Å². The summed E-state index contributed by atoms with van der Waals surface area (Å²) < 4.78 is 0. The highest BCUT2D eigenvalue weighted by Crippen LogP contribution is 2.68. The molecule has 0 radical (unpaired) electrons. The Balaban J connectivity index is 1.76. The van der Waals surface area contributed by atoms with Gasteiger partial charge >= 0.3 is 0 Å². The Morgan fingerprint density at radius 3 is 2.42 bits per heavy atom. The molecule has 4 heteroatoms. The third-order valence-corrected chi connectivity index (χ3v) is 8.93. The van der Waals surface area contributed by atoms with E-state index in [1.807, 2.05) is 0 Å². The van der Waals surface area contributed by atoms with Crippen LogP contribution < -0.4 is 0 Å². The van der Waals surface area contributed by atoms with Gasteiger partial charge in [0.2, 0.25) is 0 Å². The predicted octanol–water partition coefficient (Wildman–Crippen LogP) is 2.29. The fraction of sp³-hybridized carbons (Fsp3) is 0.950. The minimum absolute atomic E-state index is 0.124. The van der Waals surface area contributed by atoms with Gasteiger partial charge < -0.3 is 20.1 Å². The topological polar surface area (TPSA) is 77.8 Å². The van der Waals surface area contributed by atoms with Crippen molar-refractivity contribution in [2.24, 2.45) is 34.5 Å². The van der Waals surface area contributed by atoms with E-state index in [-0.39, 0.29) is 6.42 Å². The third kappa shape index (κ3) is 1.99. The summed E-state index contributed by atoms with van der Waals surface area (Å²) in [6.07, 6.45) is 6.55. The van der Waals surface area contributed by atoms with Gasteiger partial charge in [0.05, 0.1) is 17.8 Å². The second-order valence-corrected chi connectivity index (χ2v) is 9.82. The summed E-state index contributed by atoms with van der Waals surface area (Å²) in [6.45, 7) is 4.49. The lowest BCUT2D eigenvalue weighted by Crippen LogP contribution is -2.69. The average molecular weight is 336 g/mol. The summed E-state index contributed by atoms with van der Waals surface area (Å²) in [5, 5.41) is 32.0. The molecule has 24 heavy (non-hydrogen) atoms. The Morgan fingerprint density at radius 1 is 1.00 bits per heavy atom. The van der Waals surface area contributed by atoms with Gasteiger partial charge in [-0.05, 0) is 61.7 Å². The lowest BCUT2D eigenvalue weighted by molar-refractivity contribution is -0.257. The molecule has 4 aliphatic carbocycles. The van der Waals surface area contributed by atoms with Gasteiger partial charge in [-0.25, -0.2) is 0 Å². The van der Waals surface area contributed by atoms with Gasteiger partial charge in [0.15, 0.2) is 0 Å². The molecule has 4 saturated carbocycles. The molecule has 1 unspecified atom stereocenters. The lowest BCUT2D eigenvalue weighted by Gasteiger charge is -2.65. The van der Waals surface area contributed by atoms with E-state index in [1.165, 1.54) is 25.7 Å². The van der Waals surface area contributed by atoms with Gasteiger partial charge in [0, 0.05) is 17.8 Å². The molecule has 0 aromatic rings. The van der Waals surface area contributed by atoms with Crippen LogP contribution in [0, 0.1) is 34.5 Å². The minimum atomic E-state index is -1.18. The number of fused-ring (bicyclic) bond motifs is 5. The normalized spacial score (nSPS) is 60.0. The van der Waals surface area contributed by atoms with Crippen LogP contribution in [0.4, 0.5) is 0 Å². The molecule has 0 amide bonds. The molecular formula is C20H32O4. The number of carbonyl (C=O) groups is 1. The summed E-state index contributed by atoms with van der Waals surface area (Å²) in [4.78, 5) is 11.9. The Bertz CT molecular complexity index is 536. The van der Waals surface area contributed by atoms with Crippen LogP contribution in [0.15, 0.2) is 0 Å². The lowest BCUT2D eigenvalue weighted by atomic mass is 9.41. The Kier molecular flexibility index (Phi) is 3.73. The number of aldehydes is 1. The first-order chi connectivity index (χ1) is 11.2. The van der Waals surface area contributed by atoms with Crippen molar-refractivity contribution in [3.05, 3.63) is 0 Å². The minimum Gasteiger partial charge on any atom is -0.390 e. The number of carbonyl (C=O) groups excluding carboxylic acids is 1. The molecule has 3 N–H and O–H groups in total. The highest BCUT2D eigenvalue weighted by atomic mass is 16.3. The predicted molar refractivity (Wildman–Crippen MR) is 90.1 cm³/mol. The molecule has 0 bridgehead atoms. The van der Waals surface area contributed by atoms with Gasteiger partial charge in [0.1, 0.15) is 6.29 Å². The monoisotopic (exact) mass is 336 g/mol. The van der Waals surface area contributed by atoms with Crippen molar-refractivity contribution >= 4 is 6.29 Å². The summed E-state index contributed by atoms with van der Waals surface area (Å²) in [7, 11) is 0. The number of aliphatic hydroxyl groups is 3. The number of rotatable bonds is 1. The van der Waals surface area contributed by atoms with Crippen LogP contribution in [0.1, 0.15) is 65.2 Å². The zero-order valence-electron chi connectivity index (χ0n) is 14.9. The van der Waals surface area contributed by atoms with E-state index in [1.54, 1.807) is 0 Å². The number of hydrogen-bond donors (Lipinski definition) is 3. The molecule has 4 aliphatic rings. The SMILES string of the molecule is C[C@@]12CCC[C@H]1[C@@H]1CC(C=O)[C@@]3(O)C[C@H](O)[C@@H](O)C[C@]3(C)[C@H]1CC2. The van der Waals surface area contributed by atoms with E-state index in [2.05, 4.69) is 13.8 Å². The molecule has 9 atom stereocenters. The Labute approximate surface area is 144 Å². The van der Waals surface area contributed by atoms with Crippen molar-refractivity contribution in [3.63, 3.8) is 0 Å². The molecule has 4 fully saturated rings. The van der Waals surface area contributed by atoms with Gasteiger partial charge in [-0.15, -0.1) is 0 Å².